The Morgan fingerprint density at radius 3 is 2.75 bits per heavy atom. The van der Waals surface area contributed by atoms with Crippen LogP contribution in [0.3, 0.4) is 0 Å². The molecular weight excluding hydrogens is 358 g/mol. The van der Waals surface area contributed by atoms with Gasteiger partial charge in [-0.25, -0.2) is 4.68 Å². The summed E-state index contributed by atoms with van der Waals surface area (Å²) in [4.78, 5) is 27.2. The van der Waals surface area contributed by atoms with Crippen molar-refractivity contribution in [2.45, 2.75) is 39.0 Å². The molecule has 3 rings (SSSR count). The number of carboxylic acid groups (broad SMARTS) is 1. The van der Waals surface area contributed by atoms with Crippen molar-refractivity contribution in [3.63, 3.8) is 0 Å². The highest BCUT2D eigenvalue weighted by atomic mass is 16.4. The number of carbonyl (C=O) groups excluding carboxylic acids is 1. The molecule has 3 aromatic rings. The molecule has 0 unspecified atom stereocenters. The minimum atomic E-state index is -0.770. The lowest BCUT2D eigenvalue weighted by molar-refractivity contribution is -0.137. The predicted octanol–water partition coefficient (Wildman–Crippen LogP) is 2.89. The second kappa shape index (κ2) is 9.07. The lowest BCUT2D eigenvalue weighted by Crippen LogP contribution is -2.25. The Bertz CT molecular complexity index is 978. The van der Waals surface area contributed by atoms with E-state index in [2.05, 4.69) is 20.6 Å². The lowest BCUT2D eigenvalue weighted by atomic mass is 10.1. The van der Waals surface area contributed by atoms with Gasteiger partial charge in [-0.3, -0.25) is 14.6 Å². The summed E-state index contributed by atoms with van der Waals surface area (Å²) < 4.78 is 1.66. The standard InChI is InChI=1S/C20H23N5O3/c1-14-19(20(28)22-12-5-3-2-4-11-18(26)27)23-24-25(14)17-10-6-9-16-15(17)8-7-13-21-16/h6-10,13H,2-5,11-12H2,1H3,(H,22,28)(H,26,27). The SMILES string of the molecule is Cc1c(C(=O)NCCCCCCC(=O)O)nnn1-c1cccc2ncccc12. The molecule has 2 N–H and O–H groups in total. The van der Waals surface area contributed by atoms with E-state index in [1.54, 1.807) is 10.9 Å². The van der Waals surface area contributed by atoms with Gasteiger partial charge in [-0.2, -0.15) is 0 Å². The number of hydrogen-bond donors (Lipinski definition) is 2. The fourth-order valence-corrected chi connectivity index (χ4v) is 3.08. The van der Waals surface area contributed by atoms with Crippen molar-refractivity contribution in [2.75, 3.05) is 6.54 Å². The van der Waals surface area contributed by atoms with Crippen LogP contribution >= 0.6 is 0 Å². The van der Waals surface area contributed by atoms with E-state index in [4.69, 9.17) is 5.11 Å². The van der Waals surface area contributed by atoms with Gasteiger partial charge in [-0.1, -0.05) is 24.1 Å². The van der Waals surface area contributed by atoms with Crippen LogP contribution in [0.25, 0.3) is 16.6 Å². The number of nitrogens with zero attached hydrogens (tertiary/aromatic N) is 4. The van der Waals surface area contributed by atoms with E-state index in [0.29, 0.717) is 24.4 Å². The highest BCUT2D eigenvalue weighted by Crippen LogP contribution is 2.21. The average molecular weight is 381 g/mol. The fraction of sp³-hybridized carbons (Fsp3) is 0.350. The first-order valence-corrected chi connectivity index (χ1v) is 9.34. The van der Waals surface area contributed by atoms with Crippen LogP contribution in [-0.4, -0.2) is 43.5 Å². The van der Waals surface area contributed by atoms with Gasteiger partial charge in [-0.15, -0.1) is 5.10 Å². The normalized spacial score (nSPS) is 10.9. The highest BCUT2D eigenvalue weighted by Gasteiger charge is 2.18. The lowest BCUT2D eigenvalue weighted by Gasteiger charge is -2.07. The number of carboxylic acids is 1. The third-order valence-corrected chi connectivity index (χ3v) is 4.56. The molecule has 0 atom stereocenters. The minimum Gasteiger partial charge on any atom is -0.481 e. The van der Waals surface area contributed by atoms with Crippen molar-refractivity contribution in [2.24, 2.45) is 0 Å². The van der Waals surface area contributed by atoms with Crippen LogP contribution in [0.2, 0.25) is 0 Å². The van der Waals surface area contributed by atoms with Crippen LogP contribution in [0.5, 0.6) is 0 Å². The first-order chi connectivity index (χ1) is 13.6. The van der Waals surface area contributed by atoms with E-state index in [-0.39, 0.29) is 12.3 Å². The summed E-state index contributed by atoms with van der Waals surface area (Å²) in [6, 6.07) is 9.57. The van der Waals surface area contributed by atoms with Crippen molar-refractivity contribution in [3.8, 4) is 5.69 Å². The number of pyridine rings is 1. The Hall–Kier alpha value is -3.29. The number of carbonyl (C=O) groups is 2. The summed E-state index contributed by atoms with van der Waals surface area (Å²) in [5.41, 5.74) is 2.64. The van der Waals surface area contributed by atoms with Crippen LogP contribution in [0.15, 0.2) is 36.5 Å². The number of fused-ring (bicyclic) bond motifs is 1. The largest absolute Gasteiger partial charge is 0.481 e. The van der Waals surface area contributed by atoms with Crippen molar-refractivity contribution >= 4 is 22.8 Å². The number of aromatic nitrogens is 4. The summed E-state index contributed by atoms with van der Waals surface area (Å²) in [5, 5.41) is 20.6. The molecule has 8 nitrogen and oxygen atoms in total. The topological polar surface area (TPSA) is 110 Å². The molecule has 28 heavy (non-hydrogen) atoms. The number of rotatable bonds is 9. The molecule has 0 aliphatic rings. The maximum absolute atomic E-state index is 12.4. The summed E-state index contributed by atoms with van der Waals surface area (Å²) in [6.07, 6.45) is 5.11. The Morgan fingerprint density at radius 2 is 1.93 bits per heavy atom. The van der Waals surface area contributed by atoms with Crippen molar-refractivity contribution in [1.82, 2.24) is 25.3 Å². The Kier molecular flexibility index (Phi) is 6.31. The van der Waals surface area contributed by atoms with E-state index in [1.165, 1.54) is 0 Å². The molecule has 0 spiro atoms. The highest BCUT2D eigenvalue weighted by molar-refractivity contribution is 5.93. The third-order valence-electron chi connectivity index (χ3n) is 4.56. The summed E-state index contributed by atoms with van der Waals surface area (Å²) in [7, 11) is 0. The maximum atomic E-state index is 12.4. The molecule has 0 saturated heterocycles. The van der Waals surface area contributed by atoms with E-state index < -0.39 is 5.97 Å². The van der Waals surface area contributed by atoms with E-state index >= 15 is 0 Å². The number of benzene rings is 1. The van der Waals surface area contributed by atoms with Gasteiger partial charge in [0.05, 0.1) is 16.9 Å². The smallest absolute Gasteiger partial charge is 0.303 e. The van der Waals surface area contributed by atoms with Crippen LogP contribution < -0.4 is 5.32 Å². The number of hydrogen-bond acceptors (Lipinski definition) is 5. The summed E-state index contributed by atoms with van der Waals surface area (Å²) >= 11 is 0. The van der Waals surface area contributed by atoms with Gasteiger partial charge in [0.1, 0.15) is 0 Å². The van der Waals surface area contributed by atoms with Gasteiger partial charge in [0.2, 0.25) is 0 Å². The number of unbranched alkanes of at least 4 members (excludes halogenated alkanes) is 3. The first kappa shape index (κ1) is 19.5. The maximum Gasteiger partial charge on any atom is 0.303 e. The van der Waals surface area contributed by atoms with Crippen LogP contribution in [-0.2, 0) is 4.79 Å². The number of nitrogens with one attached hydrogen (secondary N) is 1. The van der Waals surface area contributed by atoms with Gasteiger partial charge in [0, 0.05) is 24.5 Å². The zero-order chi connectivity index (χ0) is 19.9. The van der Waals surface area contributed by atoms with Gasteiger partial charge < -0.3 is 10.4 Å². The molecule has 0 fully saturated rings. The predicted molar refractivity (Wildman–Crippen MR) is 104 cm³/mol. The molecule has 146 valence electrons. The van der Waals surface area contributed by atoms with Crippen molar-refractivity contribution in [3.05, 3.63) is 47.9 Å². The molecule has 0 radical (unpaired) electrons. The monoisotopic (exact) mass is 381 g/mol. The van der Waals surface area contributed by atoms with Crippen LogP contribution in [0.1, 0.15) is 48.3 Å². The second-order valence-electron chi connectivity index (χ2n) is 6.60. The van der Waals surface area contributed by atoms with Gasteiger partial charge in [-0.05, 0) is 44.0 Å². The quantitative estimate of drug-likeness (QED) is 0.552. The Balaban J connectivity index is 1.61. The van der Waals surface area contributed by atoms with Gasteiger partial charge >= 0.3 is 5.97 Å². The number of amides is 1. The van der Waals surface area contributed by atoms with Crippen LogP contribution in [0, 0.1) is 6.92 Å². The zero-order valence-electron chi connectivity index (χ0n) is 15.8. The van der Waals surface area contributed by atoms with E-state index in [0.717, 1.165) is 35.9 Å². The molecule has 1 amide bonds. The zero-order valence-corrected chi connectivity index (χ0v) is 15.8. The molecule has 0 aliphatic heterocycles. The van der Waals surface area contributed by atoms with E-state index in [9.17, 15) is 9.59 Å². The van der Waals surface area contributed by atoms with Gasteiger partial charge in [0.25, 0.3) is 5.91 Å². The molecule has 2 heterocycles. The molecular formula is C20H23N5O3. The summed E-state index contributed by atoms with van der Waals surface area (Å²) in [5.74, 6) is -1.03. The molecule has 2 aromatic heterocycles. The average Bonchev–Trinajstić information content (AvgIpc) is 3.07. The van der Waals surface area contributed by atoms with Crippen LogP contribution in [0.4, 0.5) is 0 Å². The van der Waals surface area contributed by atoms with Crippen molar-refractivity contribution < 1.29 is 14.7 Å². The Morgan fingerprint density at radius 1 is 1.11 bits per heavy atom. The van der Waals surface area contributed by atoms with E-state index in [1.807, 2.05) is 37.3 Å². The third kappa shape index (κ3) is 4.51. The second-order valence-corrected chi connectivity index (χ2v) is 6.60. The van der Waals surface area contributed by atoms with Crippen molar-refractivity contribution in [1.29, 1.82) is 0 Å². The molecule has 0 bridgehead atoms. The van der Waals surface area contributed by atoms with Gasteiger partial charge in [0.15, 0.2) is 5.69 Å². The summed E-state index contributed by atoms with van der Waals surface area (Å²) in [6.45, 7) is 2.34. The molecule has 8 heteroatoms. The molecule has 0 saturated carbocycles. The fourth-order valence-electron chi connectivity index (χ4n) is 3.08. The molecule has 0 aliphatic carbocycles. The number of aliphatic carboxylic acids is 1. The molecule has 1 aromatic carbocycles. The Labute approximate surface area is 162 Å². The minimum absolute atomic E-state index is 0.193. The first-order valence-electron chi connectivity index (χ1n) is 9.34.